The smallest absolute Gasteiger partial charge is 0.307 e. The van der Waals surface area contributed by atoms with Gasteiger partial charge in [-0.25, -0.2) is 9.37 Å². The van der Waals surface area contributed by atoms with Crippen LogP contribution in [0.25, 0.3) is 11.1 Å². The topological polar surface area (TPSA) is 75.5 Å². The van der Waals surface area contributed by atoms with Crippen molar-refractivity contribution in [1.29, 1.82) is 0 Å². The molecule has 7 heteroatoms. The van der Waals surface area contributed by atoms with E-state index in [0.717, 1.165) is 37.2 Å². The summed E-state index contributed by atoms with van der Waals surface area (Å²) in [6, 6.07) is 9.45. The number of aryl methyl sites for hydroxylation is 2. The van der Waals surface area contributed by atoms with E-state index >= 15 is 4.39 Å². The van der Waals surface area contributed by atoms with Crippen LogP contribution in [0.4, 0.5) is 10.1 Å². The van der Waals surface area contributed by atoms with Crippen molar-refractivity contribution in [1.82, 2.24) is 9.97 Å². The molecule has 1 aliphatic heterocycles. The molecule has 0 amide bonds. The van der Waals surface area contributed by atoms with Crippen LogP contribution >= 0.6 is 0 Å². The quantitative estimate of drug-likeness (QED) is 0.431. The number of carboxylic acids is 1. The third kappa shape index (κ3) is 5.83. The van der Waals surface area contributed by atoms with Crippen LogP contribution in [-0.2, 0) is 17.6 Å². The molecule has 0 unspecified atom stereocenters. The van der Waals surface area contributed by atoms with Crippen LogP contribution in [0.3, 0.4) is 0 Å². The molecule has 1 aliphatic rings. The van der Waals surface area contributed by atoms with Crippen LogP contribution in [0, 0.1) is 25.1 Å². The molecule has 0 bridgehead atoms. The molecule has 1 N–H and O–H groups in total. The molecule has 0 saturated carbocycles. The van der Waals surface area contributed by atoms with Gasteiger partial charge in [0.2, 0.25) is 5.88 Å². The maximum absolute atomic E-state index is 15.1. The van der Waals surface area contributed by atoms with Crippen molar-refractivity contribution < 1.29 is 19.0 Å². The van der Waals surface area contributed by atoms with Crippen molar-refractivity contribution >= 4 is 11.7 Å². The van der Waals surface area contributed by atoms with E-state index in [4.69, 9.17) is 4.74 Å². The van der Waals surface area contributed by atoms with Crippen LogP contribution in [0.1, 0.15) is 49.1 Å². The fourth-order valence-corrected chi connectivity index (χ4v) is 4.73. The predicted octanol–water partition coefficient (Wildman–Crippen LogP) is 5.77. The zero-order valence-corrected chi connectivity index (χ0v) is 21.5. The van der Waals surface area contributed by atoms with Gasteiger partial charge in [-0.3, -0.25) is 9.78 Å². The average Bonchev–Trinajstić information content (AvgIpc) is 2.82. The molecule has 3 heterocycles. The number of pyridine rings is 2. The van der Waals surface area contributed by atoms with Crippen molar-refractivity contribution in [3.05, 3.63) is 70.9 Å². The van der Waals surface area contributed by atoms with E-state index in [9.17, 15) is 9.90 Å². The number of anilines is 1. The van der Waals surface area contributed by atoms with Crippen LogP contribution in [-0.4, -0.2) is 40.7 Å². The van der Waals surface area contributed by atoms with Crippen molar-refractivity contribution in [3.63, 3.8) is 0 Å². The maximum atomic E-state index is 15.1. The Kier molecular flexibility index (Phi) is 7.57. The van der Waals surface area contributed by atoms with Crippen molar-refractivity contribution in [2.24, 2.45) is 5.41 Å². The van der Waals surface area contributed by atoms with Crippen molar-refractivity contribution in [3.8, 4) is 17.0 Å². The number of hydrogen-bond donors (Lipinski definition) is 1. The monoisotopic (exact) mass is 491 g/mol. The summed E-state index contributed by atoms with van der Waals surface area (Å²) < 4.78 is 20.8. The fourth-order valence-electron chi connectivity index (χ4n) is 4.73. The number of aromatic nitrogens is 2. The molecule has 0 aliphatic carbocycles. The molecular weight excluding hydrogens is 457 g/mol. The van der Waals surface area contributed by atoms with E-state index in [2.05, 4.69) is 28.7 Å². The van der Waals surface area contributed by atoms with Gasteiger partial charge in [0.05, 0.1) is 18.7 Å². The Morgan fingerprint density at radius 2 is 1.86 bits per heavy atom. The molecule has 1 fully saturated rings. The maximum Gasteiger partial charge on any atom is 0.307 e. The van der Waals surface area contributed by atoms with Gasteiger partial charge in [0.25, 0.3) is 0 Å². The highest BCUT2D eigenvalue weighted by Crippen LogP contribution is 2.40. The van der Waals surface area contributed by atoms with Crippen molar-refractivity contribution in [2.45, 2.75) is 53.4 Å². The van der Waals surface area contributed by atoms with E-state index in [-0.39, 0.29) is 17.7 Å². The molecule has 190 valence electrons. The highest BCUT2D eigenvalue weighted by atomic mass is 19.1. The molecule has 1 saturated heterocycles. The Morgan fingerprint density at radius 3 is 2.53 bits per heavy atom. The van der Waals surface area contributed by atoms with Crippen molar-refractivity contribution in [2.75, 3.05) is 24.6 Å². The first kappa shape index (κ1) is 25.6. The highest BCUT2D eigenvalue weighted by Gasteiger charge is 2.29. The Balaban J connectivity index is 1.62. The molecule has 2 aromatic heterocycles. The molecule has 3 aromatic rings. The Morgan fingerprint density at radius 1 is 1.14 bits per heavy atom. The molecule has 0 radical (unpaired) electrons. The van der Waals surface area contributed by atoms with E-state index in [0.29, 0.717) is 35.4 Å². The number of benzene rings is 1. The molecule has 6 nitrogen and oxygen atoms in total. The van der Waals surface area contributed by atoms with Crippen LogP contribution in [0.2, 0.25) is 0 Å². The number of hydrogen-bond acceptors (Lipinski definition) is 5. The Hall–Kier alpha value is -3.48. The number of carboxylic acid groups (broad SMARTS) is 1. The van der Waals surface area contributed by atoms with Gasteiger partial charge >= 0.3 is 5.97 Å². The number of aliphatic carboxylic acids is 1. The predicted molar refractivity (Wildman–Crippen MR) is 139 cm³/mol. The normalized spacial score (nSPS) is 15.1. The Bertz CT molecular complexity index is 1250. The lowest BCUT2D eigenvalue weighted by Crippen LogP contribution is -2.38. The first-order valence-corrected chi connectivity index (χ1v) is 12.4. The van der Waals surface area contributed by atoms with E-state index in [1.54, 1.807) is 12.4 Å². The number of rotatable bonds is 8. The summed E-state index contributed by atoms with van der Waals surface area (Å²) in [6.07, 6.45) is 5.77. The lowest BCUT2D eigenvalue weighted by Gasteiger charge is -2.40. The van der Waals surface area contributed by atoms with Gasteiger partial charge < -0.3 is 14.7 Å². The molecule has 4 rings (SSSR count). The zero-order valence-electron chi connectivity index (χ0n) is 21.5. The largest absolute Gasteiger partial charge is 0.481 e. The lowest BCUT2D eigenvalue weighted by atomic mass is 9.82. The number of piperidine rings is 1. The van der Waals surface area contributed by atoms with E-state index in [1.807, 2.05) is 38.1 Å². The molecule has 36 heavy (non-hydrogen) atoms. The minimum Gasteiger partial charge on any atom is -0.481 e. The second-order valence-corrected chi connectivity index (χ2v) is 10.3. The summed E-state index contributed by atoms with van der Waals surface area (Å²) in [5.41, 5.74) is 5.95. The SMILES string of the molecule is Cc1ccccc1CCOc1ncc(-c2cnc(C)c(CC(=O)O)c2N2CCC(C)(C)CC2)cc1F. The van der Waals surface area contributed by atoms with Gasteiger partial charge in [0, 0.05) is 54.3 Å². The van der Waals surface area contributed by atoms with E-state index in [1.165, 1.54) is 11.6 Å². The summed E-state index contributed by atoms with van der Waals surface area (Å²) in [5, 5.41) is 9.59. The molecular formula is C29H34FN3O3. The third-order valence-corrected chi connectivity index (χ3v) is 7.12. The van der Waals surface area contributed by atoms with Crippen LogP contribution in [0.15, 0.2) is 42.7 Å². The number of halogens is 1. The minimum absolute atomic E-state index is 0.0422. The standard InChI is InChI=1S/C29H34FN3O3/c1-19-7-5-6-8-21(19)9-14-36-28-25(30)15-22(17-32-28)24-18-31-20(2)23(16-26(34)35)27(24)33-12-10-29(3,4)11-13-33/h5-8,15,17-18H,9-14,16H2,1-4H3,(H,34,35). The molecule has 0 spiro atoms. The van der Waals surface area contributed by atoms with Gasteiger partial charge in [0.15, 0.2) is 5.82 Å². The summed E-state index contributed by atoms with van der Waals surface area (Å²) >= 11 is 0. The Labute approximate surface area is 212 Å². The van der Waals surface area contributed by atoms with Crippen LogP contribution < -0.4 is 9.64 Å². The van der Waals surface area contributed by atoms with E-state index < -0.39 is 11.8 Å². The molecule has 0 atom stereocenters. The summed E-state index contributed by atoms with van der Waals surface area (Å²) in [4.78, 5) is 22.6. The first-order valence-electron chi connectivity index (χ1n) is 12.4. The number of ether oxygens (including phenoxy) is 1. The lowest BCUT2D eigenvalue weighted by molar-refractivity contribution is -0.136. The fraction of sp³-hybridized carbons (Fsp3) is 0.414. The summed E-state index contributed by atoms with van der Waals surface area (Å²) in [7, 11) is 0. The second kappa shape index (κ2) is 10.6. The number of carbonyl (C=O) groups is 1. The zero-order chi connectivity index (χ0) is 25.9. The van der Waals surface area contributed by atoms with Gasteiger partial charge in [-0.15, -0.1) is 0 Å². The average molecular weight is 492 g/mol. The number of nitrogens with zero attached hydrogens (tertiary/aromatic N) is 3. The molecule has 1 aromatic carbocycles. The van der Waals surface area contributed by atoms with Gasteiger partial charge in [0.1, 0.15) is 0 Å². The van der Waals surface area contributed by atoms with Gasteiger partial charge in [-0.2, -0.15) is 0 Å². The third-order valence-electron chi connectivity index (χ3n) is 7.12. The first-order chi connectivity index (χ1) is 17.1. The van der Waals surface area contributed by atoms with Gasteiger partial charge in [-0.1, -0.05) is 38.1 Å². The highest BCUT2D eigenvalue weighted by molar-refractivity contribution is 5.84. The second-order valence-electron chi connectivity index (χ2n) is 10.3. The summed E-state index contributed by atoms with van der Waals surface area (Å²) in [5.74, 6) is -1.51. The van der Waals surface area contributed by atoms with Crippen LogP contribution in [0.5, 0.6) is 5.88 Å². The van der Waals surface area contributed by atoms with Gasteiger partial charge in [-0.05, 0) is 49.3 Å². The minimum atomic E-state index is -0.919. The summed E-state index contributed by atoms with van der Waals surface area (Å²) in [6.45, 7) is 10.3.